The fourth-order valence-corrected chi connectivity index (χ4v) is 5.34. The predicted octanol–water partition coefficient (Wildman–Crippen LogP) is 5.23. The summed E-state index contributed by atoms with van der Waals surface area (Å²) in [6.07, 6.45) is 12.0. The summed E-state index contributed by atoms with van der Waals surface area (Å²) in [4.78, 5) is 29.6. The molecule has 1 fully saturated rings. The van der Waals surface area contributed by atoms with E-state index >= 15 is 0 Å². The highest BCUT2D eigenvalue weighted by molar-refractivity contribution is 5.70. The first-order chi connectivity index (χ1) is 17.0. The van der Waals surface area contributed by atoms with Gasteiger partial charge < -0.3 is 15.1 Å². The van der Waals surface area contributed by atoms with Crippen LogP contribution in [-0.2, 0) is 11.4 Å². The van der Waals surface area contributed by atoms with Crippen molar-refractivity contribution in [2.45, 2.75) is 44.8 Å². The minimum Gasteiger partial charge on any atom is -0.481 e. The van der Waals surface area contributed by atoms with E-state index in [1.165, 1.54) is 0 Å². The molecule has 7 nitrogen and oxygen atoms in total. The van der Waals surface area contributed by atoms with Crippen LogP contribution in [0.3, 0.4) is 0 Å². The van der Waals surface area contributed by atoms with Gasteiger partial charge >= 0.3 is 5.97 Å². The summed E-state index contributed by atoms with van der Waals surface area (Å²) < 4.78 is 0. The van der Waals surface area contributed by atoms with Gasteiger partial charge in [-0.25, -0.2) is 0 Å². The third-order valence-corrected chi connectivity index (χ3v) is 7.45. The molecule has 35 heavy (non-hydrogen) atoms. The molecule has 7 heteroatoms. The Balaban J connectivity index is 1.57. The lowest BCUT2D eigenvalue weighted by molar-refractivity contribution is -0.142. The Hall–Kier alpha value is -3.32. The van der Waals surface area contributed by atoms with Crippen molar-refractivity contribution in [2.75, 3.05) is 18.0 Å². The SMILES string of the molecule is CC1C=CC=CC1C(CC(N=O)c1ccnc(CO)c1)c1ccc(N2CCC(C(=O)O)CC2)cc1. The third kappa shape index (κ3) is 5.85. The fraction of sp³-hybridized carbons (Fsp3) is 0.429. The van der Waals surface area contributed by atoms with Crippen molar-refractivity contribution in [2.24, 2.45) is 22.9 Å². The van der Waals surface area contributed by atoms with Crippen molar-refractivity contribution >= 4 is 11.7 Å². The van der Waals surface area contributed by atoms with Gasteiger partial charge in [-0.1, -0.05) is 48.5 Å². The Morgan fingerprint density at radius 1 is 1.11 bits per heavy atom. The van der Waals surface area contributed by atoms with E-state index in [1.54, 1.807) is 18.3 Å². The van der Waals surface area contributed by atoms with Crippen LogP contribution in [-0.4, -0.2) is 34.3 Å². The minimum absolute atomic E-state index is 0.0754. The first-order valence-corrected chi connectivity index (χ1v) is 12.3. The number of hydrogen-bond donors (Lipinski definition) is 2. The number of anilines is 1. The van der Waals surface area contributed by atoms with Gasteiger partial charge in [0, 0.05) is 25.0 Å². The van der Waals surface area contributed by atoms with Crippen molar-refractivity contribution in [3.05, 3.63) is 88.6 Å². The van der Waals surface area contributed by atoms with Gasteiger partial charge in [-0.05, 0) is 72.4 Å². The molecule has 0 amide bonds. The molecule has 0 spiro atoms. The third-order valence-electron chi connectivity index (χ3n) is 7.45. The van der Waals surface area contributed by atoms with Gasteiger partial charge in [0.15, 0.2) is 0 Å². The summed E-state index contributed by atoms with van der Waals surface area (Å²) in [5, 5.41) is 22.2. The Morgan fingerprint density at radius 2 is 1.83 bits per heavy atom. The van der Waals surface area contributed by atoms with Crippen molar-refractivity contribution < 1.29 is 15.0 Å². The van der Waals surface area contributed by atoms with E-state index in [4.69, 9.17) is 0 Å². The zero-order valence-electron chi connectivity index (χ0n) is 20.0. The maximum absolute atomic E-state index is 12.0. The highest BCUT2D eigenvalue weighted by Crippen LogP contribution is 2.41. The smallest absolute Gasteiger partial charge is 0.306 e. The number of aliphatic hydroxyl groups is 1. The summed E-state index contributed by atoms with van der Waals surface area (Å²) in [7, 11) is 0. The van der Waals surface area contributed by atoms with Crippen LogP contribution >= 0.6 is 0 Å². The highest BCUT2D eigenvalue weighted by Gasteiger charge is 2.30. The van der Waals surface area contributed by atoms with E-state index in [9.17, 15) is 19.9 Å². The van der Waals surface area contributed by atoms with Crippen molar-refractivity contribution in [3.8, 4) is 0 Å². The average molecular weight is 476 g/mol. The zero-order chi connectivity index (χ0) is 24.8. The topological polar surface area (TPSA) is 103 Å². The van der Waals surface area contributed by atoms with Crippen molar-refractivity contribution in [1.82, 2.24) is 4.98 Å². The van der Waals surface area contributed by atoms with Crippen LogP contribution < -0.4 is 4.90 Å². The molecule has 0 bridgehead atoms. The summed E-state index contributed by atoms with van der Waals surface area (Å²) in [6.45, 7) is 3.48. The average Bonchev–Trinajstić information content (AvgIpc) is 2.90. The van der Waals surface area contributed by atoms with Crippen LogP contribution in [0, 0.1) is 22.7 Å². The number of pyridine rings is 1. The Labute approximate surface area is 206 Å². The number of benzene rings is 1. The van der Waals surface area contributed by atoms with Crippen LogP contribution in [0.15, 0.2) is 72.1 Å². The molecule has 2 N–H and O–H groups in total. The molecule has 1 aliphatic heterocycles. The zero-order valence-corrected chi connectivity index (χ0v) is 20.0. The largest absolute Gasteiger partial charge is 0.481 e. The summed E-state index contributed by atoms with van der Waals surface area (Å²) in [5.41, 5.74) is 3.54. The number of piperidine rings is 1. The summed E-state index contributed by atoms with van der Waals surface area (Å²) in [6, 6.07) is 11.5. The molecule has 184 valence electrons. The van der Waals surface area contributed by atoms with E-state index in [2.05, 4.69) is 70.6 Å². The monoisotopic (exact) mass is 475 g/mol. The van der Waals surface area contributed by atoms with E-state index in [-0.39, 0.29) is 24.4 Å². The molecule has 1 aromatic heterocycles. The second-order valence-corrected chi connectivity index (χ2v) is 9.60. The van der Waals surface area contributed by atoms with Gasteiger partial charge in [0.05, 0.1) is 18.2 Å². The van der Waals surface area contributed by atoms with Gasteiger partial charge in [-0.2, -0.15) is 4.91 Å². The number of hydrogen-bond acceptors (Lipinski definition) is 6. The van der Waals surface area contributed by atoms with E-state index < -0.39 is 12.0 Å². The van der Waals surface area contributed by atoms with Gasteiger partial charge in [-0.3, -0.25) is 9.78 Å². The Morgan fingerprint density at radius 3 is 2.46 bits per heavy atom. The molecule has 2 heterocycles. The van der Waals surface area contributed by atoms with E-state index in [1.807, 2.05) is 0 Å². The quantitative estimate of drug-likeness (QED) is 0.481. The molecule has 2 aromatic rings. The number of carboxylic acid groups (broad SMARTS) is 1. The lowest BCUT2D eigenvalue weighted by Crippen LogP contribution is -2.36. The number of allylic oxidation sites excluding steroid dienone is 4. The Bertz CT molecular complexity index is 1070. The molecule has 4 unspecified atom stereocenters. The normalized spacial score (nSPS) is 22.1. The molecule has 1 saturated heterocycles. The second-order valence-electron chi connectivity index (χ2n) is 9.60. The number of aliphatic hydroxyl groups excluding tert-OH is 1. The Kier molecular flexibility index (Phi) is 8.08. The second kappa shape index (κ2) is 11.4. The summed E-state index contributed by atoms with van der Waals surface area (Å²) in [5.74, 6) is -0.343. The van der Waals surface area contributed by atoms with Crippen LogP contribution in [0.5, 0.6) is 0 Å². The maximum Gasteiger partial charge on any atom is 0.306 e. The molecule has 4 atom stereocenters. The van der Waals surface area contributed by atoms with E-state index in [0.717, 1.165) is 29.9 Å². The van der Waals surface area contributed by atoms with Crippen LogP contribution in [0.4, 0.5) is 5.69 Å². The standard InChI is InChI=1S/C28H33N3O4/c1-19-4-2-3-5-25(19)26(17-27(30-35)22-10-13-29-23(16-22)18-32)20-6-8-24(9-7-20)31-14-11-21(12-15-31)28(33)34/h2-10,13,16,19,21,25-27,32H,11-12,14-15,17-18H2,1H3,(H,33,34). The van der Waals surface area contributed by atoms with E-state index in [0.29, 0.717) is 30.9 Å². The van der Waals surface area contributed by atoms with Crippen LogP contribution in [0.25, 0.3) is 0 Å². The number of rotatable bonds is 9. The fourth-order valence-electron chi connectivity index (χ4n) is 5.34. The number of nitrogens with zero attached hydrogens (tertiary/aromatic N) is 3. The number of carboxylic acids is 1. The van der Waals surface area contributed by atoms with Crippen LogP contribution in [0.1, 0.15) is 55.0 Å². The molecular formula is C28H33N3O4. The number of nitroso groups, excluding NO2 is 1. The lowest BCUT2D eigenvalue weighted by Gasteiger charge is -2.33. The molecule has 2 aliphatic rings. The van der Waals surface area contributed by atoms with Gasteiger partial charge in [0.25, 0.3) is 0 Å². The van der Waals surface area contributed by atoms with Gasteiger partial charge in [-0.15, -0.1) is 0 Å². The number of aliphatic carboxylic acids is 1. The van der Waals surface area contributed by atoms with Crippen molar-refractivity contribution in [3.63, 3.8) is 0 Å². The summed E-state index contributed by atoms with van der Waals surface area (Å²) >= 11 is 0. The van der Waals surface area contributed by atoms with Gasteiger partial charge in [0.1, 0.15) is 6.04 Å². The van der Waals surface area contributed by atoms with Crippen LogP contribution in [0.2, 0.25) is 0 Å². The highest BCUT2D eigenvalue weighted by atomic mass is 16.4. The van der Waals surface area contributed by atoms with Gasteiger partial charge in [0.2, 0.25) is 0 Å². The number of aromatic nitrogens is 1. The molecule has 1 aliphatic carbocycles. The lowest BCUT2D eigenvalue weighted by atomic mass is 9.73. The predicted molar refractivity (Wildman–Crippen MR) is 136 cm³/mol. The molecule has 1 aromatic carbocycles. The maximum atomic E-state index is 12.0. The van der Waals surface area contributed by atoms with Crippen molar-refractivity contribution in [1.29, 1.82) is 0 Å². The molecular weight excluding hydrogens is 442 g/mol. The molecule has 0 saturated carbocycles. The molecule has 0 radical (unpaired) electrons. The first-order valence-electron chi connectivity index (χ1n) is 12.3. The number of carbonyl (C=O) groups is 1. The minimum atomic E-state index is -0.704. The molecule has 4 rings (SSSR count). The first kappa shape index (κ1) is 24.8.